The van der Waals surface area contributed by atoms with Crippen molar-refractivity contribution < 1.29 is 19.1 Å². The van der Waals surface area contributed by atoms with Crippen molar-refractivity contribution in [1.82, 2.24) is 5.32 Å². The van der Waals surface area contributed by atoms with E-state index in [4.69, 9.17) is 15.2 Å². The van der Waals surface area contributed by atoms with E-state index in [-0.39, 0.29) is 12.3 Å². The normalized spacial score (nSPS) is 15.9. The summed E-state index contributed by atoms with van der Waals surface area (Å²) in [5.74, 6) is 0.249. The number of primary amides is 1. The second kappa shape index (κ2) is 6.58. The van der Waals surface area contributed by atoms with Crippen molar-refractivity contribution in [2.24, 2.45) is 5.73 Å². The average Bonchev–Trinajstić information content (AvgIpc) is 2.43. The maximum atomic E-state index is 12.0. The van der Waals surface area contributed by atoms with Crippen LogP contribution >= 0.6 is 0 Å². The van der Waals surface area contributed by atoms with E-state index >= 15 is 0 Å². The van der Waals surface area contributed by atoms with Crippen LogP contribution in [0.3, 0.4) is 0 Å². The lowest BCUT2D eigenvalue weighted by Crippen LogP contribution is -2.63. The number of methoxy groups -OCH3 is 1. The van der Waals surface area contributed by atoms with Crippen molar-refractivity contribution in [2.75, 3.05) is 20.3 Å². The van der Waals surface area contributed by atoms with Crippen LogP contribution in [0, 0.1) is 0 Å². The number of benzene rings is 1. The molecule has 2 amide bonds. The van der Waals surface area contributed by atoms with Gasteiger partial charge in [-0.3, -0.25) is 9.59 Å². The first-order valence-electron chi connectivity index (χ1n) is 6.83. The van der Waals surface area contributed by atoms with E-state index < -0.39 is 11.4 Å². The van der Waals surface area contributed by atoms with Crippen LogP contribution in [0.25, 0.3) is 0 Å². The molecule has 0 atom stereocenters. The molecule has 2 rings (SSSR count). The SMILES string of the molecule is COc1ccc(CCC(=O)NC2(CC(N)=O)COC2)cc1. The van der Waals surface area contributed by atoms with Crippen molar-refractivity contribution >= 4 is 11.8 Å². The second-order valence-corrected chi connectivity index (χ2v) is 5.31. The molecule has 0 bridgehead atoms. The average molecular weight is 292 g/mol. The summed E-state index contributed by atoms with van der Waals surface area (Å²) >= 11 is 0. The molecule has 0 aromatic heterocycles. The van der Waals surface area contributed by atoms with Crippen molar-refractivity contribution in [3.8, 4) is 5.75 Å². The van der Waals surface area contributed by atoms with Crippen molar-refractivity contribution in [3.63, 3.8) is 0 Å². The number of aryl methyl sites for hydroxylation is 1. The summed E-state index contributed by atoms with van der Waals surface area (Å²) in [7, 11) is 1.61. The van der Waals surface area contributed by atoms with Gasteiger partial charge in [0.05, 0.1) is 32.3 Å². The maximum Gasteiger partial charge on any atom is 0.220 e. The Labute approximate surface area is 123 Å². The lowest BCUT2D eigenvalue weighted by atomic mass is 9.92. The Morgan fingerprint density at radius 2 is 2.00 bits per heavy atom. The van der Waals surface area contributed by atoms with Gasteiger partial charge in [-0.05, 0) is 24.1 Å². The van der Waals surface area contributed by atoms with Crippen molar-refractivity contribution in [2.45, 2.75) is 24.8 Å². The third-order valence-corrected chi connectivity index (χ3v) is 3.47. The van der Waals surface area contributed by atoms with Gasteiger partial charge in [-0.1, -0.05) is 12.1 Å². The van der Waals surface area contributed by atoms with Gasteiger partial charge in [0.25, 0.3) is 0 Å². The fourth-order valence-electron chi connectivity index (χ4n) is 2.31. The molecule has 1 aromatic rings. The molecule has 6 nitrogen and oxygen atoms in total. The maximum absolute atomic E-state index is 12.0. The largest absolute Gasteiger partial charge is 0.497 e. The first kappa shape index (κ1) is 15.3. The van der Waals surface area contributed by atoms with Crippen molar-refractivity contribution in [1.29, 1.82) is 0 Å². The van der Waals surface area contributed by atoms with Crippen LogP contribution in [-0.2, 0) is 20.7 Å². The highest BCUT2D eigenvalue weighted by Gasteiger charge is 2.41. The lowest BCUT2D eigenvalue weighted by Gasteiger charge is -2.41. The summed E-state index contributed by atoms with van der Waals surface area (Å²) in [6.45, 7) is 0.675. The molecule has 0 radical (unpaired) electrons. The molecule has 21 heavy (non-hydrogen) atoms. The van der Waals surface area contributed by atoms with Gasteiger partial charge >= 0.3 is 0 Å². The Morgan fingerprint density at radius 1 is 1.33 bits per heavy atom. The lowest BCUT2D eigenvalue weighted by molar-refractivity contribution is -0.138. The van der Waals surface area contributed by atoms with E-state index in [0.717, 1.165) is 11.3 Å². The monoisotopic (exact) mass is 292 g/mol. The number of ether oxygens (including phenoxy) is 2. The molecule has 0 aliphatic carbocycles. The molecule has 114 valence electrons. The second-order valence-electron chi connectivity index (χ2n) is 5.31. The molecule has 1 fully saturated rings. The highest BCUT2D eigenvalue weighted by molar-refractivity contribution is 5.80. The first-order valence-corrected chi connectivity index (χ1v) is 6.83. The van der Waals surface area contributed by atoms with E-state index in [1.807, 2.05) is 24.3 Å². The van der Waals surface area contributed by atoms with Crippen LogP contribution in [0.4, 0.5) is 0 Å². The first-order chi connectivity index (χ1) is 10.0. The van der Waals surface area contributed by atoms with Gasteiger partial charge in [-0.2, -0.15) is 0 Å². The fraction of sp³-hybridized carbons (Fsp3) is 0.467. The number of nitrogens with one attached hydrogen (secondary N) is 1. The van der Waals surface area contributed by atoms with Gasteiger partial charge in [0.15, 0.2) is 0 Å². The molecule has 1 aliphatic heterocycles. The van der Waals surface area contributed by atoms with E-state index in [9.17, 15) is 9.59 Å². The minimum Gasteiger partial charge on any atom is -0.497 e. The summed E-state index contributed by atoms with van der Waals surface area (Å²) in [4.78, 5) is 23.0. The Bertz CT molecular complexity index is 509. The van der Waals surface area contributed by atoms with Gasteiger partial charge in [0, 0.05) is 6.42 Å². The van der Waals surface area contributed by atoms with Gasteiger partial charge in [0.2, 0.25) is 11.8 Å². The van der Waals surface area contributed by atoms with Crippen LogP contribution < -0.4 is 15.8 Å². The fourth-order valence-corrected chi connectivity index (χ4v) is 2.31. The van der Waals surface area contributed by atoms with E-state index in [1.54, 1.807) is 7.11 Å². The van der Waals surface area contributed by atoms with Crippen LogP contribution in [-0.4, -0.2) is 37.7 Å². The predicted molar refractivity (Wildman–Crippen MR) is 76.8 cm³/mol. The standard InChI is InChI=1S/C15H20N2O4/c1-20-12-5-2-11(3-6-12)4-7-14(19)17-15(8-13(16)18)9-21-10-15/h2-3,5-6H,4,7-10H2,1H3,(H2,16,18)(H,17,19). The molecule has 0 spiro atoms. The minimum atomic E-state index is -0.608. The van der Waals surface area contributed by atoms with Gasteiger partial charge in [-0.15, -0.1) is 0 Å². The zero-order chi connectivity index (χ0) is 15.3. The van der Waals surface area contributed by atoms with Crippen molar-refractivity contribution in [3.05, 3.63) is 29.8 Å². The van der Waals surface area contributed by atoms with Gasteiger partial charge in [0.1, 0.15) is 5.75 Å². The van der Waals surface area contributed by atoms with Gasteiger partial charge in [-0.25, -0.2) is 0 Å². The van der Waals surface area contributed by atoms with Gasteiger partial charge < -0.3 is 20.5 Å². The highest BCUT2D eigenvalue weighted by atomic mass is 16.5. The molecule has 1 aromatic carbocycles. The Balaban J connectivity index is 1.82. The van der Waals surface area contributed by atoms with Crippen LogP contribution in [0.1, 0.15) is 18.4 Å². The third kappa shape index (κ3) is 4.19. The molecule has 1 saturated heterocycles. The van der Waals surface area contributed by atoms with Crippen LogP contribution in [0.2, 0.25) is 0 Å². The number of nitrogens with two attached hydrogens (primary N) is 1. The molecule has 0 saturated carbocycles. The minimum absolute atomic E-state index is 0.102. The number of hydrogen-bond acceptors (Lipinski definition) is 4. The zero-order valence-electron chi connectivity index (χ0n) is 12.1. The molecule has 0 unspecified atom stereocenters. The summed E-state index contributed by atoms with van der Waals surface area (Å²) < 4.78 is 10.2. The predicted octanol–water partition coefficient (Wildman–Crippen LogP) is 0.388. The summed E-state index contributed by atoms with van der Waals surface area (Å²) in [6.07, 6.45) is 1.09. The van der Waals surface area contributed by atoms with Crippen LogP contribution in [0.15, 0.2) is 24.3 Å². The Morgan fingerprint density at radius 3 is 2.48 bits per heavy atom. The van der Waals surface area contributed by atoms with E-state index in [1.165, 1.54) is 0 Å². The number of carbonyl (C=O) groups excluding carboxylic acids is 2. The smallest absolute Gasteiger partial charge is 0.220 e. The zero-order valence-corrected chi connectivity index (χ0v) is 12.1. The van der Waals surface area contributed by atoms with E-state index in [2.05, 4.69) is 5.32 Å². The molecular weight excluding hydrogens is 272 g/mol. The van der Waals surface area contributed by atoms with Crippen LogP contribution in [0.5, 0.6) is 5.75 Å². The third-order valence-electron chi connectivity index (χ3n) is 3.47. The summed E-state index contributed by atoms with van der Waals surface area (Å²) in [6, 6.07) is 7.58. The molecule has 1 heterocycles. The number of carbonyl (C=O) groups is 2. The summed E-state index contributed by atoms with van der Waals surface area (Å²) in [5.41, 5.74) is 5.65. The number of hydrogen-bond donors (Lipinski definition) is 2. The Hall–Kier alpha value is -2.08. The highest BCUT2D eigenvalue weighted by Crippen LogP contribution is 2.21. The molecule has 6 heteroatoms. The topological polar surface area (TPSA) is 90.6 Å². The summed E-state index contributed by atoms with van der Waals surface area (Å²) in [5, 5.41) is 2.86. The molecule has 1 aliphatic rings. The Kier molecular flexibility index (Phi) is 4.80. The molecule has 3 N–H and O–H groups in total. The molecular formula is C15H20N2O4. The number of rotatable bonds is 7. The number of amides is 2. The van der Waals surface area contributed by atoms with E-state index in [0.29, 0.717) is 26.1 Å². The quantitative estimate of drug-likeness (QED) is 0.760.